The fourth-order valence-electron chi connectivity index (χ4n) is 2.61. The molecule has 0 aliphatic carbocycles. The van der Waals surface area contributed by atoms with Crippen molar-refractivity contribution >= 4 is 0 Å². The van der Waals surface area contributed by atoms with Crippen LogP contribution in [0.5, 0.6) is 0 Å². The molecule has 4 aromatic carbocycles. The molecule has 0 saturated carbocycles. The fraction of sp³-hybridized carbons (Fsp3) is 0.111. The summed E-state index contributed by atoms with van der Waals surface area (Å²) in [6, 6.07) is 41.6. The van der Waals surface area contributed by atoms with Crippen LogP contribution >= 0.6 is 0 Å². The summed E-state index contributed by atoms with van der Waals surface area (Å²) in [7, 11) is 1.55. The summed E-state index contributed by atoms with van der Waals surface area (Å²) >= 11 is 0. The van der Waals surface area contributed by atoms with Crippen molar-refractivity contribution in [2.75, 3.05) is 20.3 Å². The number of benzene rings is 4. The highest BCUT2D eigenvalue weighted by molar-refractivity contribution is 5.63. The van der Waals surface area contributed by atoms with E-state index in [0.29, 0.717) is 6.61 Å². The van der Waals surface area contributed by atoms with Crippen molar-refractivity contribution in [3.05, 3.63) is 121 Å². The highest BCUT2D eigenvalue weighted by Crippen LogP contribution is 2.18. The number of rotatable bonds is 4. The van der Waals surface area contributed by atoms with Gasteiger partial charge in [0.05, 0.1) is 13.2 Å². The van der Waals surface area contributed by atoms with Gasteiger partial charge in [-0.1, -0.05) is 121 Å². The molecule has 0 radical (unpaired) electrons. The molecular formula is C27H30O3. The first-order valence-corrected chi connectivity index (χ1v) is 9.66. The maximum Gasteiger partial charge on any atom is 0.0693 e. The van der Waals surface area contributed by atoms with Gasteiger partial charge in [-0.25, -0.2) is 0 Å². The summed E-state index contributed by atoms with van der Waals surface area (Å²) in [6.45, 7) is 0.566. The van der Waals surface area contributed by atoms with Crippen LogP contribution in [0, 0.1) is 0 Å². The quantitative estimate of drug-likeness (QED) is 0.489. The topological polar surface area (TPSA) is 61.0 Å². The summed E-state index contributed by atoms with van der Waals surface area (Å²) < 4.78 is 4.44. The highest BCUT2D eigenvalue weighted by Gasteiger charge is 1.92. The summed E-state index contributed by atoms with van der Waals surface area (Å²) in [6.07, 6.45) is 0. The van der Waals surface area contributed by atoms with Gasteiger partial charge < -0.3 is 15.3 Å². The second kappa shape index (κ2) is 15.7. The standard InChI is InChI=1S/2C12H10.C3H8O2.H2O/c2*1-3-7-11(8-4-1)12-9-5-2-6-10-12;1-5-3-2-4;/h2*1-10H;4H,2-3H2,1H3;1H2. The molecule has 0 atom stereocenters. The molecule has 4 aromatic rings. The van der Waals surface area contributed by atoms with Crippen molar-refractivity contribution in [3.8, 4) is 22.3 Å². The van der Waals surface area contributed by atoms with Crippen LogP contribution in [0.25, 0.3) is 22.3 Å². The van der Waals surface area contributed by atoms with Crippen molar-refractivity contribution in [2.24, 2.45) is 0 Å². The van der Waals surface area contributed by atoms with Gasteiger partial charge in [-0.05, 0) is 22.3 Å². The summed E-state index contributed by atoms with van der Waals surface area (Å²) in [4.78, 5) is 0. The van der Waals surface area contributed by atoms with Crippen molar-refractivity contribution in [1.82, 2.24) is 0 Å². The molecule has 3 heteroatoms. The number of methoxy groups -OCH3 is 1. The van der Waals surface area contributed by atoms with Gasteiger partial charge in [0.1, 0.15) is 0 Å². The second-order valence-corrected chi connectivity index (χ2v) is 6.18. The molecule has 0 spiro atoms. The third-order valence-electron chi connectivity index (χ3n) is 4.06. The predicted octanol–water partition coefficient (Wildman–Crippen LogP) is 5.51. The first-order chi connectivity index (χ1) is 14.3. The van der Waals surface area contributed by atoms with Crippen LogP contribution in [-0.2, 0) is 4.74 Å². The summed E-state index contributed by atoms with van der Waals surface area (Å²) in [5.74, 6) is 0. The van der Waals surface area contributed by atoms with E-state index < -0.39 is 0 Å². The smallest absolute Gasteiger partial charge is 0.0693 e. The molecule has 156 valence electrons. The van der Waals surface area contributed by atoms with E-state index >= 15 is 0 Å². The van der Waals surface area contributed by atoms with Crippen LogP contribution < -0.4 is 0 Å². The molecule has 0 aliphatic rings. The van der Waals surface area contributed by atoms with Gasteiger partial charge in [-0.15, -0.1) is 0 Å². The van der Waals surface area contributed by atoms with Gasteiger partial charge >= 0.3 is 0 Å². The largest absolute Gasteiger partial charge is 0.412 e. The minimum Gasteiger partial charge on any atom is -0.412 e. The molecule has 0 fully saturated rings. The lowest BCUT2D eigenvalue weighted by atomic mass is 10.1. The Morgan fingerprint density at radius 3 is 0.867 bits per heavy atom. The Bertz CT molecular complexity index is 728. The third kappa shape index (κ3) is 9.30. The van der Waals surface area contributed by atoms with Gasteiger partial charge in [-0.2, -0.15) is 0 Å². The Morgan fingerprint density at radius 1 is 0.500 bits per heavy atom. The van der Waals surface area contributed by atoms with Crippen molar-refractivity contribution in [1.29, 1.82) is 0 Å². The molecule has 3 N–H and O–H groups in total. The molecular weight excluding hydrogens is 372 g/mol. The van der Waals surface area contributed by atoms with E-state index in [1.807, 2.05) is 24.3 Å². The molecule has 0 saturated heterocycles. The zero-order valence-electron chi connectivity index (χ0n) is 17.3. The van der Waals surface area contributed by atoms with Crippen LogP contribution in [0.1, 0.15) is 0 Å². The van der Waals surface area contributed by atoms with E-state index in [0.717, 1.165) is 0 Å². The Hall–Kier alpha value is -3.24. The maximum absolute atomic E-state index is 7.94. The first-order valence-electron chi connectivity index (χ1n) is 9.66. The van der Waals surface area contributed by atoms with Crippen LogP contribution in [-0.4, -0.2) is 30.9 Å². The van der Waals surface area contributed by atoms with Gasteiger partial charge in [0.2, 0.25) is 0 Å². The normalized spacial score (nSPS) is 9.13. The summed E-state index contributed by atoms with van der Waals surface area (Å²) in [5.41, 5.74) is 5.10. The van der Waals surface area contributed by atoms with Crippen LogP contribution in [0.2, 0.25) is 0 Å². The van der Waals surface area contributed by atoms with Crippen molar-refractivity contribution < 1.29 is 15.3 Å². The minimum atomic E-state index is 0. The van der Waals surface area contributed by atoms with Gasteiger partial charge in [-0.3, -0.25) is 0 Å². The van der Waals surface area contributed by atoms with Gasteiger partial charge in [0.25, 0.3) is 0 Å². The Labute approximate surface area is 179 Å². The fourth-order valence-corrected chi connectivity index (χ4v) is 2.61. The molecule has 0 aliphatic heterocycles. The second-order valence-electron chi connectivity index (χ2n) is 6.18. The molecule has 0 amide bonds. The average molecular weight is 403 g/mol. The Kier molecular flexibility index (Phi) is 12.9. The van der Waals surface area contributed by atoms with Crippen LogP contribution in [0.3, 0.4) is 0 Å². The van der Waals surface area contributed by atoms with Crippen molar-refractivity contribution in [2.45, 2.75) is 0 Å². The number of aliphatic hydroxyl groups is 1. The van der Waals surface area contributed by atoms with E-state index in [1.54, 1.807) is 7.11 Å². The molecule has 4 rings (SSSR count). The monoisotopic (exact) mass is 402 g/mol. The van der Waals surface area contributed by atoms with E-state index in [1.165, 1.54) is 22.3 Å². The van der Waals surface area contributed by atoms with Gasteiger partial charge in [0.15, 0.2) is 0 Å². The predicted molar refractivity (Wildman–Crippen MR) is 126 cm³/mol. The molecule has 3 nitrogen and oxygen atoms in total. The number of aliphatic hydroxyl groups excluding tert-OH is 1. The molecule has 30 heavy (non-hydrogen) atoms. The zero-order chi connectivity index (χ0) is 20.6. The van der Waals surface area contributed by atoms with Crippen LogP contribution in [0.15, 0.2) is 121 Å². The maximum atomic E-state index is 7.94. The molecule has 0 heterocycles. The van der Waals surface area contributed by atoms with E-state index in [-0.39, 0.29) is 12.1 Å². The lowest BCUT2D eigenvalue weighted by Crippen LogP contribution is -1.91. The highest BCUT2D eigenvalue weighted by atomic mass is 16.5. The summed E-state index contributed by atoms with van der Waals surface area (Å²) in [5, 5.41) is 7.94. The Morgan fingerprint density at radius 2 is 0.733 bits per heavy atom. The van der Waals surface area contributed by atoms with Crippen LogP contribution in [0.4, 0.5) is 0 Å². The third-order valence-corrected chi connectivity index (χ3v) is 4.06. The Balaban J connectivity index is 0.000000241. The van der Waals surface area contributed by atoms with E-state index in [4.69, 9.17) is 5.11 Å². The van der Waals surface area contributed by atoms with Crippen molar-refractivity contribution in [3.63, 3.8) is 0 Å². The van der Waals surface area contributed by atoms with Gasteiger partial charge in [0, 0.05) is 7.11 Å². The van der Waals surface area contributed by atoms with E-state index in [2.05, 4.69) is 102 Å². The van der Waals surface area contributed by atoms with E-state index in [9.17, 15) is 0 Å². The SMILES string of the molecule is COCCO.O.c1ccc(-c2ccccc2)cc1.c1ccc(-c2ccccc2)cc1. The lowest BCUT2D eigenvalue weighted by molar-refractivity contribution is 0.135. The molecule has 0 unspecified atom stereocenters. The molecule has 0 bridgehead atoms. The molecule has 0 aromatic heterocycles. The number of hydrogen-bond acceptors (Lipinski definition) is 2. The number of ether oxygens (including phenoxy) is 1. The average Bonchev–Trinajstić information content (AvgIpc) is 2.83. The minimum absolute atomic E-state index is 0. The zero-order valence-corrected chi connectivity index (χ0v) is 17.3. The lowest BCUT2D eigenvalue weighted by Gasteiger charge is -1.98. The first kappa shape index (κ1) is 24.8. The number of hydrogen-bond donors (Lipinski definition) is 1.